The van der Waals surface area contributed by atoms with Gasteiger partial charge < -0.3 is 14.3 Å². The van der Waals surface area contributed by atoms with Crippen molar-refractivity contribution in [3.63, 3.8) is 0 Å². The molecule has 0 radical (unpaired) electrons. The van der Waals surface area contributed by atoms with Gasteiger partial charge in [-0.05, 0) is 46.5 Å². The summed E-state index contributed by atoms with van der Waals surface area (Å²) in [6.45, 7) is 0. The van der Waals surface area contributed by atoms with E-state index in [0.29, 0.717) is 12.8 Å². The smallest absolute Gasteiger partial charge is 0.119 e. The van der Waals surface area contributed by atoms with Gasteiger partial charge in [-0.15, -0.1) is 0 Å². The standard InChI is InChI=1S/C18H18O3/c1-20-17-6-5-14-3-2-4-15(18(14)11-17)10-16(19)9-13-7-8-21-12-13/h2-8,11-12,16,19H,9-10H2,1H3. The SMILES string of the molecule is COc1ccc2cccc(CC(O)Cc3ccoc3)c2c1. The van der Waals surface area contributed by atoms with Crippen molar-refractivity contribution in [1.29, 1.82) is 0 Å². The lowest BCUT2D eigenvalue weighted by molar-refractivity contribution is 0.175. The highest BCUT2D eigenvalue weighted by Gasteiger charge is 2.10. The summed E-state index contributed by atoms with van der Waals surface area (Å²) < 4.78 is 10.3. The van der Waals surface area contributed by atoms with E-state index >= 15 is 0 Å². The zero-order valence-electron chi connectivity index (χ0n) is 12.0. The maximum Gasteiger partial charge on any atom is 0.119 e. The second kappa shape index (κ2) is 6.02. The third-order valence-corrected chi connectivity index (χ3v) is 3.69. The van der Waals surface area contributed by atoms with Crippen molar-refractivity contribution >= 4 is 10.8 Å². The predicted octanol–water partition coefficient (Wildman–Crippen LogP) is 3.59. The van der Waals surface area contributed by atoms with Gasteiger partial charge in [-0.1, -0.05) is 24.3 Å². The number of rotatable bonds is 5. The van der Waals surface area contributed by atoms with Crippen LogP contribution in [0.25, 0.3) is 10.8 Å². The maximum atomic E-state index is 10.3. The van der Waals surface area contributed by atoms with Crippen molar-refractivity contribution in [3.8, 4) is 5.75 Å². The number of benzene rings is 2. The first-order valence-electron chi connectivity index (χ1n) is 7.01. The second-order valence-electron chi connectivity index (χ2n) is 5.20. The number of hydrogen-bond acceptors (Lipinski definition) is 3. The summed E-state index contributed by atoms with van der Waals surface area (Å²) >= 11 is 0. The lowest BCUT2D eigenvalue weighted by atomic mass is 9.97. The molecule has 2 aromatic carbocycles. The molecule has 0 fully saturated rings. The molecule has 0 aliphatic carbocycles. The molecule has 108 valence electrons. The van der Waals surface area contributed by atoms with Crippen LogP contribution in [0.2, 0.25) is 0 Å². The van der Waals surface area contributed by atoms with Crippen LogP contribution >= 0.6 is 0 Å². The van der Waals surface area contributed by atoms with Crippen molar-refractivity contribution in [3.05, 3.63) is 66.1 Å². The van der Waals surface area contributed by atoms with Crippen LogP contribution < -0.4 is 4.74 Å². The fourth-order valence-corrected chi connectivity index (χ4v) is 2.63. The van der Waals surface area contributed by atoms with Gasteiger partial charge in [0.2, 0.25) is 0 Å². The van der Waals surface area contributed by atoms with E-state index in [1.54, 1.807) is 19.6 Å². The number of aliphatic hydroxyl groups is 1. The molecule has 1 heterocycles. The number of furan rings is 1. The third-order valence-electron chi connectivity index (χ3n) is 3.69. The van der Waals surface area contributed by atoms with Crippen LogP contribution in [0.1, 0.15) is 11.1 Å². The summed E-state index contributed by atoms with van der Waals surface area (Å²) in [4.78, 5) is 0. The van der Waals surface area contributed by atoms with Crippen molar-refractivity contribution in [2.24, 2.45) is 0 Å². The molecule has 0 bridgehead atoms. The molecular weight excluding hydrogens is 264 g/mol. The van der Waals surface area contributed by atoms with Crippen LogP contribution in [0.5, 0.6) is 5.75 Å². The fourth-order valence-electron chi connectivity index (χ4n) is 2.63. The highest BCUT2D eigenvalue weighted by atomic mass is 16.5. The van der Waals surface area contributed by atoms with Gasteiger partial charge in [0.25, 0.3) is 0 Å². The molecule has 0 saturated carbocycles. The van der Waals surface area contributed by atoms with Crippen LogP contribution in [0.4, 0.5) is 0 Å². The number of fused-ring (bicyclic) bond motifs is 1. The molecule has 1 atom stereocenters. The first-order chi connectivity index (χ1) is 10.3. The molecule has 21 heavy (non-hydrogen) atoms. The van der Waals surface area contributed by atoms with Crippen LogP contribution in [-0.2, 0) is 12.8 Å². The van der Waals surface area contributed by atoms with Crippen molar-refractivity contribution in [1.82, 2.24) is 0 Å². The van der Waals surface area contributed by atoms with E-state index in [1.807, 2.05) is 30.3 Å². The largest absolute Gasteiger partial charge is 0.497 e. The first-order valence-corrected chi connectivity index (χ1v) is 7.01. The van der Waals surface area contributed by atoms with Crippen LogP contribution in [0, 0.1) is 0 Å². The molecule has 0 spiro atoms. The fraction of sp³-hybridized carbons (Fsp3) is 0.222. The average Bonchev–Trinajstić information content (AvgIpc) is 3.00. The van der Waals surface area contributed by atoms with Crippen LogP contribution in [0.15, 0.2) is 59.4 Å². The zero-order valence-corrected chi connectivity index (χ0v) is 12.0. The highest BCUT2D eigenvalue weighted by Crippen LogP contribution is 2.25. The minimum absolute atomic E-state index is 0.431. The van der Waals surface area contributed by atoms with Gasteiger partial charge in [-0.2, -0.15) is 0 Å². The average molecular weight is 282 g/mol. The zero-order chi connectivity index (χ0) is 14.7. The molecule has 3 heteroatoms. The third kappa shape index (κ3) is 3.09. The number of methoxy groups -OCH3 is 1. The molecular formula is C18H18O3. The second-order valence-corrected chi connectivity index (χ2v) is 5.20. The molecule has 0 aliphatic heterocycles. The van der Waals surface area contributed by atoms with Gasteiger partial charge in [0.05, 0.1) is 25.7 Å². The Kier molecular flexibility index (Phi) is 3.93. The van der Waals surface area contributed by atoms with E-state index in [4.69, 9.17) is 9.15 Å². The van der Waals surface area contributed by atoms with E-state index in [-0.39, 0.29) is 0 Å². The molecule has 1 N–H and O–H groups in total. The summed E-state index contributed by atoms with van der Waals surface area (Å²) in [6.07, 6.45) is 4.08. The van der Waals surface area contributed by atoms with E-state index in [9.17, 15) is 5.11 Å². The molecule has 0 aliphatic rings. The molecule has 3 nitrogen and oxygen atoms in total. The Morgan fingerprint density at radius 1 is 1.14 bits per heavy atom. The lowest BCUT2D eigenvalue weighted by Gasteiger charge is -2.12. The lowest BCUT2D eigenvalue weighted by Crippen LogP contribution is -2.13. The monoisotopic (exact) mass is 282 g/mol. The number of hydrogen-bond donors (Lipinski definition) is 1. The van der Waals surface area contributed by atoms with Crippen molar-refractivity contribution in [2.45, 2.75) is 18.9 Å². The van der Waals surface area contributed by atoms with Gasteiger partial charge in [0, 0.05) is 6.42 Å². The summed E-state index contributed by atoms with van der Waals surface area (Å²) in [6, 6.07) is 14.1. The van der Waals surface area contributed by atoms with Crippen LogP contribution in [0.3, 0.4) is 0 Å². The van der Waals surface area contributed by atoms with Gasteiger partial charge >= 0.3 is 0 Å². The van der Waals surface area contributed by atoms with Gasteiger partial charge in [0.15, 0.2) is 0 Å². The molecule has 1 aromatic heterocycles. The summed E-state index contributed by atoms with van der Waals surface area (Å²) in [5.41, 5.74) is 2.14. The van der Waals surface area contributed by atoms with Gasteiger partial charge in [0.1, 0.15) is 5.75 Å². The van der Waals surface area contributed by atoms with Crippen molar-refractivity contribution < 1.29 is 14.3 Å². The summed E-state index contributed by atoms with van der Waals surface area (Å²) in [5, 5.41) is 12.6. The van der Waals surface area contributed by atoms with E-state index < -0.39 is 6.10 Å². The number of ether oxygens (including phenoxy) is 1. The van der Waals surface area contributed by atoms with Crippen LogP contribution in [-0.4, -0.2) is 18.3 Å². The molecule has 3 rings (SSSR count). The molecule has 0 saturated heterocycles. The maximum absolute atomic E-state index is 10.3. The van der Waals surface area contributed by atoms with Gasteiger partial charge in [-0.25, -0.2) is 0 Å². The normalized spacial score (nSPS) is 12.5. The number of aliphatic hydroxyl groups excluding tert-OH is 1. The quantitative estimate of drug-likeness (QED) is 0.777. The molecule has 3 aromatic rings. The molecule has 0 amide bonds. The Labute approximate surface area is 123 Å². The molecule has 1 unspecified atom stereocenters. The topological polar surface area (TPSA) is 42.6 Å². The van der Waals surface area contributed by atoms with E-state index in [0.717, 1.165) is 27.6 Å². The van der Waals surface area contributed by atoms with Gasteiger partial charge in [-0.3, -0.25) is 0 Å². The Hall–Kier alpha value is -2.26. The van der Waals surface area contributed by atoms with E-state index in [1.165, 1.54) is 0 Å². The summed E-state index contributed by atoms with van der Waals surface area (Å²) in [5.74, 6) is 0.833. The minimum atomic E-state index is -0.431. The highest BCUT2D eigenvalue weighted by molar-refractivity contribution is 5.87. The summed E-state index contributed by atoms with van der Waals surface area (Å²) in [7, 11) is 1.66. The first kappa shape index (κ1) is 13.7. The Morgan fingerprint density at radius 2 is 2.05 bits per heavy atom. The minimum Gasteiger partial charge on any atom is -0.497 e. The Bertz CT molecular complexity index is 716. The Balaban J connectivity index is 1.85. The Morgan fingerprint density at radius 3 is 2.81 bits per heavy atom. The predicted molar refractivity (Wildman–Crippen MR) is 82.6 cm³/mol. The van der Waals surface area contributed by atoms with Crippen molar-refractivity contribution in [2.75, 3.05) is 7.11 Å². The van der Waals surface area contributed by atoms with E-state index in [2.05, 4.69) is 12.1 Å².